The van der Waals surface area contributed by atoms with E-state index in [0.29, 0.717) is 25.1 Å². The standard InChI is InChI=1S/C14H17F2N3/c1-9-14(10(2)19-18-9)8-17-4-3-11-5-12(15)7-13(16)6-11/h5-7,17H,3-4,8H2,1-2H3,(H,18,19). The lowest BCUT2D eigenvalue weighted by molar-refractivity contribution is 0.577. The van der Waals surface area contributed by atoms with Crippen LogP contribution in [-0.4, -0.2) is 16.7 Å². The first-order chi connectivity index (χ1) is 9.06. The van der Waals surface area contributed by atoms with Gasteiger partial charge in [0.1, 0.15) is 11.6 Å². The number of aryl methyl sites for hydroxylation is 2. The largest absolute Gasteiger partial charge is 0.312 e. The molecule has 1 aromatic carbocycles. The van der Waals surface area contributed by atoms with Crippen molar-refractivity contribution < 1.29 is 8.78 Å². The molecule has 0 spiro atoms. The predicted octanol–water partition coefficient (Wildman–Crippen LogP) is 2.64. The van der Waals surface area contributed by atoms with Crippen LogP contribution in [0.15, 0.2) is 18.2 Å². The van der Waals surface area contributed by atoms with Gasteiger partial charge in [-0.05, 0) is 44.5 Å². The first-order valence-corrected chi connectivity index (χ1v) is 6.22. The van der Waals surface area contributed by atoms with Crippen LogP contribution in [0.3, 0.4) is 0 Å². The van der Waals surface area contributed by atoms with E-state index in [4.69, 9.17) is 0 Å². The number of H-pyrrole nitrogens is 1. The fourth-order valence-electron chi connectivity index (χ4n) is 2.04. The molecule has 19 heavy (non-hydrogen) atoms. The van der Waals surface area contributed by atoms with Crippen LogP contribution in [0.5, 0.6) is 0 Å². The number of hydrogen-bond donors (Lipinski definition) is 2. The summed E-state index contributed by atoms with van der Waals surface area (Å²) in [6.45, 7) is 5.28. The number of rotatable bonds is 5. The van der Waals surface area contributed by atoms with Gasteiger partial charge in [-0.3, -0.25) is 5.10 Å². The Kier molecular flexibility index (Phi) is 4.27. The topological polar surface area (TPSA) is 40.7 Å². The Balaban J connectivity index is 1.84. The molecule has 0 radical (unpaired) electrons. The molecule has 0 saturated carbocycles. The van der Waals surface area contributed by atoms with Gasteiger partial charge >= 0.3 is 0 Å². The smallest absolute Gasteiger partial charge is 0.126 e. The lowest BCUT2D eigenvalue weighted by atomic mass is 10.1. The van der Waals surface area contributed by atoms with Crippen molar-refractivity contribution in [1.82, 2.24) is 15.5 Å². The molecule has 5 heteroatoms. The fourth-order valence-corrected chi connectivity index (χ4v) is 2.04. The van der Waals surface area contributed by atoms with Crippen molar-refractivity contribution in [3.05, 3.63) is 52.3 Å². The van der Waals surface area contributed by atoms with E-state index >= 15 is 0 Å². The van der Waals surface area contributed by atoms with Gasteiger partial charge < -0.3 is 5.32 Å². The molecule has 102 valence electrons. The molecule has 0 amide bonds. The average Bonchev–Trinajstić information content (AvgIpc) is 2.64. The number of aromatic amines is 1. The maximum Gasteiger partial charge on any atom is 0.126 e. The molecule has 3 nitrogen and oxygen atoms in total. The van der Waals surface area contributed by atoms with E-state index in [2.05, 4.69) is 15.5 Å². The lowest BCUT2D eigenvalue weighted by Gasteiger charge is -2.06. The third-order valence-corrected chi connectivity index (χ3v) is 3.10. The minimum absolute atomic E-state index is 0.531. The van der Waals surface area contributed by atoms with Crippen molar-refractivity contribution in [2.45, 2.75) is 26.8 Å². The molecule has 2 N–H and O–H groups in total. The van der Waals surface area contributed by atoms with Gasteiger partial charge in [0.15, 0.2) is 0 Å². The summed E-state index contributed by atoms with van der Waals surface area (Å²) in [6, 6.07) is 3.60. The van der Waals surface area contributed by atoms with Crippen LogP contribution in [0.25, 0.3) is 0 Å². The minimum Gasteiger partial charge on any atom is -0.312 e. The summed E-state index contributed by atoms with van der Waals surface area (Å²) in [5.41, 5.74) is 3.82. The maximum absolute atomic E-state index is 13.0. The normalized spacial score (nSPS) is 10.9. The Morgan fingerprint density at radius 2 is 1.84 bits per heavy atom. The number of halogens is 2. The van der Waals surface area contributed by atoms with E-state index in [9.17, 15) is 8.78 Å². The highest BCUT2D eigenvalue weighted by Gasteiger charge is 2.05. The molecule has 0 saturated heterocycles. The van der Waals surface area contributed by atoms with Crippen molar-refractivity contribution in [1.29, 1.82) is 0 Å². The van der Waals surface area contributed by atoms with Crippen molar-refractivity contribution in [2.75, 3.05) is 6.54 Å². The van der Waals surface area contributed by atoms with Crippen LogP contribution in [0.1, 0.15) is 22.5 Å². The number of nitrogens with one attached hydrogen (secondary N) is 2. The highest BCUT2D eigenvalue weighted by Crippen LogP contribution is 2.10. The number of nitrogens with zero attached hydrogens (tertiary/aromatic N) is 1. The second-order valence-electron chi connectivity index (χ2n) is 4.62. The molecular weight excluding hydrogens is 248 g/mol. The molecule has 0 aliphatic carbocycles. The summed E-state index contributed by atoms with van der Waals surface area (Å²) >= 11 is 0. The van der Waals surface area contributed by atoms with Crippen LogP contribution < -0.4 is 5.32 Å². The Hall–Kier alpha value is -1.75. The predicted molar refractivity (Wildman–Crippen MR) is 69.8 cm³/mol. The second-order valence-corrected chi connectivity index (χ2v) is 4.62. The summed E-state index contributed by atoms with van der Waals surface area (Å²) in [5, 5.41) is 10.3. The van der Waals surface area contributed by atoms with Gasteiger partial charge in [-0.2, -0.15) is 5.10 Å². The summed E-state index contributed by atoms with van der Waals surface area (Å²) in [4.78, 5) is 0. The zero-order valence-electron chi connectivity index (χ0n) is 11.1. The van der Waals surface area contributed by atoms with E-state index in [-0.39, 0.29) is 0 Å². The average molecular weight is 265 g/mol. The van der Waals surface area contributed by atoms with Crippen molar-refractivity contribution in [3.63, 3.8) is 0 Å². The van der Waals surface area contributed by atoms with Gasteiger partial charge in [-0.1, -0.05) is 0 Å². The molecule has 2 aromatic rings. The van der Waals surface area contributed by atoms with Crippen LogP contribution in [0.2, 0.25) is 0 Å². The molecule has 0 aliphatic rings. The monoisotopic (exact) mass is 265 g/mol. The summed E-state index contributed by atoms with van der Waals surface area (Å²) in [7, 11) is 0. The molecule has 0 unspecified atom stereocenters. The molecule has 1 heterocycles. The Morgan fingerprint density at radius 3 is 2.42 bits per heavy atom. The third-order valence-electron chi connectivity index (χ3n) is 3.10. The van der Waals surface area contributed by atoms with Crippen LogP contribution in [0.4, 0.5) is 8.78 Å². The zero-order chi connectivity index (χ0) is 13.8. The SMILES string of the molecule is Cc1n[nH]c(C)c1CNCCc1cc(F)cc(F)c1. The van der Waals surface area contributed by atoms with Gasteiger partial charge in [0.2, 0.25) is 0 Å². The second kappa shape index (κ2) is 5.93. The Morgan fingerprint density at radius 1 is 1.16 bits per heavy atom. The highest BCUT2D eigenvalue weighted by atomic mass is 19.1. The highest BCUT2D eigenvalue weighted by molar-refractivity contribution is 5.23. The van der Waals surface area contributed by atoms with Gasteiger partial charge in [0, 0.05) is 23.9 Å². The van der Waals surface area contributed by atoms with Gasteiger partial charge in [0.05, 0.1) is 5.69 Å². The van der Waals surface area contributed by atoms with Crippen molar-refractivity contribution in [2.24, 2.45) is 0 Å². The van der Waals surface area contributed by atoms with Crippen LogP contribution in [-0.2, 0) is 13.0 Å². The molecule has 2 rings (SSSR count). The van der Waals surface area contributed by atoms with E-state index in [0.717, 1.165) is 23.0 Å². The lowest BCUT2D eigenvalue weighted by Crippen LogP contribution is -2.17. The maximum atomic E-state index is 13.0. The van der Waals surface area contributed by atoms with Gasteiger partial charge in [-0.15, -0.1) is 0 Å². The zero-order valence-corrected chi connectivity index (χ0v) is 11.1. The molecule has 0 bridgehead atoms. The summed E-state index contributed by atoms with van der Waals surface area (Å²) in [5.74, 6) is -1.06. The van der Waals surface area contributed by atoms with E-state index in [1.807, 2.05) is 13.8 Å². The number of benzene rings is 1. The molecule has 0 atom stereocenters. The van der Waals surface area contributed by atoms with E-state index in [1.54, 1.807) is 0 Å². The fraction of sp³-hybridized carbons (Fsp3) is 0.357. The summed E-state index contributed by atoms with van der Waals surface area (Å²) < 4.78 is 26.0. The first-order valence-electron chi connectivity index (χ1n) is 6.22. The third kappa shape index (κ3) is 3.61. The minimum atomic E-state index is -0.531. The van der Waals surface area contributed by atoms with E-state index < -0.39 is 11.6 Å². The van der Waals surface area contributed by atoms with Crippen LogP contribution in [0, 0.1) is 25.5 Å². The van der Waals surface area contributed by atoms with Crippen molar-refractivity contribution >= 4 is 0 Å². The molecule has 0 aliphatic heterocycles. The molecule has 1 aromatic heterocycles. The molecule has 0 fully saturated rings. The molecular formula is C14H17F2N3. The summed E-state index contributed by atoms with van der Waals surface area (Å²) in [6.07, 6.45) is 0.588. The Labute approximate surface area is 111 Å². The number of aromatic nitrogens is 2. The number of hydrogen-bond acceptors (Lipinski definition) is 2. The van der Waals surface area contributed by atoms with Gasteiger partial charge in [-0.25, -0.2) is 8.78 Å². The van der Waals surface area contributed by atoms with Crippen LogP contribution >= 0.6 is 0 Å². The van der Waals surface area contributed by atoms with E-state index in [1.165, 1.54) is 12.1 Å². The Bertz CT molecular complexity index is 524. The van der Waals surface area contributed by atoms with Gasteiger partial charge in [0.25, 0.3) is 0 Å². The first kappa shape index (κ1) is 13.7. The van der Waals surface area contributed by atoms with Crippen molar-refractivity contribution in [3.8, 4) is 0 Å². The quantitative estimate of drug-likeness (QED) is 0.816.